The molecule has 1 atom stereocenters. The van der Waals surface area contributed by atoms with Gasteiger partial charge in [0.25, 0.3) is 11.3 Å². The van der Waals surface area contributed by atoms with E-state index in [2.05, 4.69) is 9.72 Å². The second kappa shape index (κ2) is 8.80. The number of aromatic nitrogens is 1. The molecule has 150 valence electrons. The predicted molar refractivity (Wildman–Crippen MR) is 107 cm³/mol. The smallest absolute Gasteiger partial charge is 0.337 e. The van der Waals surface area contributed by atoms with Crippen molar-refractivity contribution in [3.63, 3.8) is 0 Å². The number of methoxy groups -OCH3 is 2. The van der Waals surface area contributed by atoms with E-state index in [0.29, 0.717) is 11.3 Å². The Morgan fingerprint density at radius 3 is 2.45 bits per heavy atom. The van der Waals surface area contributed by atoms with Gasteiger partial charge in [-0.3, -0.25) is 4.55 Å². The average Bonchev–Trinajstić information content (AvgIpc) is 2.74. The zero-order valence-corrected chi connectivity index (χ0v) is 16.4. The Morgan fingerprint density at radius 1 is 1.10 bits per heavy atom. The lowest BCUT2D eigenvalue weighted by molar-refractivity contribution is 0.0600. The summed E-state index contributed by atoms with van der Waals surface area (Å²) in [7, 11) is 2.63. The molecule has 7 nitrogen and oxygen atoms in total. The quantitative estimate of drug-likeness (QED) is 0.483. The van der Waals surface area contributed by atoms with Crippen molar-refractivity contribution in [1.82, 2.24) is 4.98 Å². The number of rotatable bonds is 6. The topological polar surface area (TPSA) is 89.0 Å². The van der Waals surface area contributed by atoms with E-state index in [1.54, 1.807) is 30.3 Å². The molecule has 3 rings (SSSR count). The van der Waals surface area contributed by atoms with Gasteiger partial charge in [-0.15, -0.1) is 0 Å². The second-order valence-corrected chi connectivity index (χ2v) is 6.62. The highest BCUT2D eigenvalue weighted by atomic mass is 32.2. The van der Waals surface area contributed by atoms with Crippen LogP contribution in [0.1, 0.15) is 10.4 Å². The highest BCUT2D eigenvalue weighted by Crippen LogP contribution is 2.35. The Morgan fingerprint density at radius 2 is 1.83 bits per heavy atom. The number of carbonyl (C=O) groups is 1. The monoisotopic (exact) mass is 416 g/mol. The highest BCUT2D eigenvalue weighted by molar-refractivity contribution is 7.81. The molecule has 0 spiro atoms. The standard InChI is InChI=1S/C20H17FN2O5S/c1-27-18-12-14(20(24)28-2)8-11-17(18)23(29(25)26)19-5-3-4-16(22-19)13-6-9-15(21)10-7-13/h3-12H,1-2H3,(H,25,26). The maximum absolute atomic E-state index is 13.2. The fraction of sp³-hybridized carbons (Fsp3) is 0.100. The van der Waals surface area contributed by atoms with Crippen LogP contribution in [0.2, 0.25) is 0 Å². The molecule has 0 saturated carbocycles. The van der Waals surface area contributed by atoms with Crippen molar-refractivity contribution in [1.29, 1.82) is 0 Å². The molecule has 0 bridgehead atoms. The summed E-state index contributed by atoms with van der Waals surface area (Å²) in [5, 5.41) is 0. The van der Waals surface area contributed by atoms with Gasteiger partial charge in [-0.2, -0.15) is 0 Å². The zero-order valence-electron chi connectivity index (χ0n) is 15.5. The molecular weight excluding hydrogens is 399 g/mol. The largest absolute Gasteiger partial charge is 0.495 e. The fourth-order valence-corrected chi connectivity index (χ4v) is 3.28. The molecule has 1 aromatic heterocycles. The molecule has 0 aliphatic heterocycles. The summed E-state index contributed by atoms with van der Waals surface area (Å²) in [6.07, 6.45) is 0. The zero-order chi connectivity index (χ0) is 21.0. The van der Waals surface area contributed by atoms with Crippen molar-refractivity contribution in [2.45, 2.75) is 0 Å². The lowest BCUT2D eigenvalue weighted by atomic mass is 10.1. The molecule has 0 aliphatic carbocycles. The van der Waals surface area contributed by atoms with Gasteiger partial charge in [-0.25, -0.2) is 22.7 Å². The molecule has 0 saturated heterocycles. The number of halogens is 1. The minimum Gasteiger partial charge on any atom is -0.495 e. The van der Waals surface area contributed by atoms with E-state index in [1.165, 1.54) is 44.6 Å². The van der Waals surface area contributed by atoms with Crippen LogP contribution < -0.4 is 9.04 Å². The minimum absolute atomic E-state index is 0.164. The Kier molecular flexibility index (Phi) is 6.20. The third kappa shape index (κ3) is 4.41. The summed E-state index contributed by atoms with van der Waals surface area (Å²) in [6.45, 7) is 0. The molecule has 9 heteroatoms. The van der Waals surface area contributed by atoms with Gasteiger partial charge >= 0.3 is 5.97 Å². The Bertz CT molecular complexity index is 1060. The van der Waals surface area contributed by atoms with E-state index in [0.717, 1.165) is 4.31 Å². The van der Waals surface area contributed by atoms with Gasteiger partial charge in [0, 0.05) is 5.56 Å². The van der Waals surface area contributed by atoms with Crippen LogP contribution in [0.15, 0.2) is 60.7 Å². The first-order chi connectivity index (χ1) is 13.9. The number of anilines is 2. The first-order valence-corrected chi connectivity index (χ1v) is 9.41. The van der Waals surface area contributed by atoms with Gasteiger partial charge in [0.05, 0.1) is 25.5 Å². The number of esters is 1. The fourth-order valence-electron chi connectivity index (χ4n) is 2.70. The van der Waals surface area contributed by atoms with Crippen molar-refractivity contribution in [2.75, 3.05) is 18.5 Å². The van der Waals surface area contributed by atoms with Gasteiger partial charge in [0.15, 0.2) is 0 Å². The van der Waals surface area contributed by atoms with Gasteiger partial charge in [-0.05, 0) is 54.6 Å². The maximum Gasteiger partial charge on any atom is 0.337 e. The van der Waals surface area contributed by atoms with E-state index in [1.807, 2.05) is 0 Å². The molecule has 29 heavy (non-hydrogen) atoms. The van der Waals surface area contributed by atoms with Crippen LogP contribution in [0.3, 0.4) is 0 Å². The number of hydrogen-bond acceptors (Lipinski definition) is 5. The maximum atomic E-state index is 13.2. The number of nitrogens with zero attached hydrogens (tertiary/aromatic N) is 2. The highest BCUT2D eigenvalue weighted by Gasteiger charge is 2.22. The van der Waals surface area contributed by atoms with E-state index >= 15 is 0 Å². The average molecular weight is 416 g/mol. The van der Waals surface area contributed by atoms with Gasteiger partial charge in [0.1, 0.15) is 23.1 Å². The summed E-state index contributed by atoms with van der Waals surface area (Å²) in [4.78, 5) is 16.2. The molecule has 1 unspecified atom stereocenters. The van der Waals surface area contributed by atoms with E-state index < -0.39 is 17.2 Å². The SMILES string of the molecule is COC(=O)c1ccc(N(c2cccc(-c3ccc(F)cc3)n2)S(=O)O)c(OC)c1. The van der Waals surface area contributed by atoms with Crippen molar-refractivity contribution < 1.29 is 27.4 Å². The predicted octanol–water partition coefficient (Wildman–Crippen LogP) is 3.96. The van der Waals surface area contributed by atoms with Crippen molar-refractivity contribution >= 4 is 28.7 Å². The normalized spacial score (nSPS) is 11.6. The number of ether oxygens (including phenoxy) is 2. The summed E-state index contributed by atoms with van der Waals surface area (Å²) in [5.41, 5.74) is 1.59. The molecule has 2 aromatic carbocycles. The van der Waals surface area contributed by atoms with Crippen LogP contribution in [0.5, 0.6) is 5.75 Å². The lowest BCUT2D eigenvalue weighted by Gasteiger charge is -2.22. The minimum atomic E-state index is -2.49. The molecule has 1 N–H and O–H groups in total. The van der Waals surface area contributed by atoms with Crippen molar-refractivity contribution in [3.8, 4) is 17.0 Å². The third-order valence-electron chi connectivity index (χ3n) is 4.06. The molecular formula is C20H17FN2O5S. The molecule has 0 amide bonds. The van der Waals surface area contributed by atoms with Crippen molar-refractivity contribution in [3.05, 3.63) is 72.0 Å². The molecule has 0 fully saturated rings. The lowest BCUT2D eigenvalue weighted by Crippen LogP contribution is -2.21. The Balaban J connectivity index is 2.07. The van der Waals surface area contributed by atoms with Crippen LogP contribution in [0.4, 0.5) is 15.9 Å². The summed E-state index contributed by atoms with van der Waals surface area (Å²) in [5.74, 6) is -0.595. The van der Waals surface area contributed by atoms with Crippen molar-refractivity contribution in [2.24, 2.45) is 0 Å². The summed E-state index contributed by atoms with van der Waals surface area (Å²) < 4.78 is 46.3. The molecule has 0 radical (unpaired) electrons. The van der Waals surface area contributed by atoms with Gasteiger partial charge < -0.3 is 9.47 Å². The number of benzene rings is 2. The van der Waals surface area contributed by atoms with Crippen LogP contribution >= 0.6 is 0 Å². The first-order valence-electron chi connectivity index (χ1n) is 8.35. The molecule has 1 heterocycles. The number of pyridine rings is 1. The third-order valence-corrected chi connectivity index (χ3v) is 4.75. The van der Waals surface area contributed by atoms with Crippen LogP contribution in [0.25, 0.3) is 11.3 Å². The van der Waals surface area contributed by atoms with E-state index in [4.69, 9.17) is 4.74 Å². The van der Waals surface area contributed by atoms with Crippen LogP contribution in [-0.4, -0.2) is 33.9 Å². The second-order valence-electron chi connectivity index (χ2n) is 5.79. The molecule has 0 aliphatic rings. The van der Waals surface area contributed by atoms with Gasteiger partial charge in [-0.1, -0.05) is 6.07 Å². The van der Waals surface area contributed by atoms with E-state index in [9.17, 15) is 17.9 Å². The summed E-state index contributed by atoms with van der Waals surface area (Å²) in [6, 6.07) is 15.0. The Labute approximate surface area is 169 Å². The summed E-state index contributed by atoms with van der Waals surface area (Å²) >= 11 is -2.49. The van der Waals surface area contributed by atoms with E-state index in [-0.39, 0.29) is 28.6 Å². The number of carbonyl (C=O) groups excluding carboxylic acids is 1. The van der Waals surface area contributed by atoms with Crippen LogP contribution in [-0.2, 0) is 16.0 Å². The van der Waals surface area contributed by atoms with Crippen LogP contribution in [0, 0.1) is 5.82 Å². The first kappa shape index (κ1) is 20.4. The number of hydrogen-bond donors (Lipinski definition) is 1. The molecule has 3 aromatic rings. The Hall–Kier alpha value is -3.30. The van der Waals surface area contributed by atoms with Gasteiger partial charge in [0.2, 0.25) is 0 Å².